The van der Waals surface area contributed by atoms with Gasteiger partial charge < -0.3 is 15.8 Å². The van der Waals surface area contributed by atoms with Crippen molar-refractivity contribution < 1.29 is 5.03 Å². The minimum Gasteiger partial charge on any atom is -0.343 e. The lowest BCUT2D eigenvalue weighted by molar-refractivity contribution is -0.631. The molecule has 0 bridgehead atoms. The SMILES string of the molecule is [N-]=[N+]=NN(C(=N)N)[N+](=O)[O-]. The van der Waals surface area contributed by atoms with E-state index >= 15 is 0 Å². The number of nitrogens with one attached hydrogen (secondary N) is 1. The maximum atomic E-state index is 9.78. The summed E-state index contributed by atoms with van der Waals surface area (Å²) in [5.74, 6) is -0.942. The van der Waals surface area contributed by atoms with Crippen molar-refractivity contribution in [3.63, 3.8) is 0 Å². The lowest BCUT2D eigenvalue weighted by atomic mass is 11.1. The van der Waals surface area contributed by atoms with Gasteiger partial charge in [-0.1, -0.05) is 5.53 Å². The topological polar surface area (TPSA) is 145 Å². The molecule has 0 fully saturated rings. The van der Waals surface area contributed by atoms with Crippen LogP contribution in [0.3, 0.4) is 0 Å². The van der Waals surface area contributed by atoms with Gasteiger partial charge in [0.05, 0.1) is 4.91 Å². The molecule has 0 aliphatic carbocycles. The summed E-state index contributed by atoms with van der Waals surface area (Å²) in [6.07, 6.45) is 0. The van der Waals surface area contributed by atoms with Gasteiger partial charge in [0.1, 0.15) is 0 Å². The first-order valence-electron chi connectivity index (χ1n) is 1.93. The maximum absolute atomic E-state index is 9.78. The van der Waals surface area contributed by atoms with Crippen LogP contribution in [0.4, 0.5) is 0 Å². The number of azide groups is 1. The molecular weight excluding hydrogens is 142 g/mol. The Kier molecular flexibility index (Phi) is 2.47. The Morgan fingerprint density at radius 3 is 2.60 bits per heavy atom. The highest BCUT2D eigenvalue weighted by molar-refractivity contribution is 5.72. The van der Waals surface area contributed by atoms with Gasteiger partial charge in [0.15, 0.2) is 5.03 Å². The molecule has 0 spiro atoms. The summed E-state index contributed by atoms with van der Waals surface area (Å²) in [6, 6.07) is 0. The van der Waals surface area contributed by atoms with Crippen molar-refractivity contribution in [2.24, 2.45) is 11.0 Å². The molecule has 0 heterocycles. The van der Waals surface area contributed by atoms with Crippen molar-refractivity contribution in [3.8, 4) is 0 Å². The van der Waals surface area contributed by atoms with E-state index in [4.69, 9.17) is 10.9 Å². The fourth-order valence-electron chi connectivity index (χ4n) is 0.207. The van der Waals surface area contributed by atoms with E-state index in [0.29, 0.717) is 0 Å². The molecule has 3 N–H and O–H groups in total. The van der Waals surface area contributed by atoms with E-state index in [1.807, 2.05) is 0 Å². The normalized spacial score (nSPS) is 7.60. The fraction of sp³-hybridized carbons (Fsp3) is 0. The van der Waals surface area contributed by atoms with E-state index in [1.54, 1.807) is 0 Å². The van der Waals surface area contributed by atoms with Crippen LogP contribution in [0.25, 0.3) is 10.4 Å². The number of hydrogen-bond donors (Lipinski definition) is 2. The molecule has 0 aromatic heterocycles. The Bertz CT molecular complexity index is 185. The monoisotopic (exact) mass is 145 g/mol. The lowest BCUT2D eigenvalue weighted by Crippen LogP contribution is -2.35. The van der Waals surface area contributed by atoms with Gasteiger partial charge in [0.25, 0.3) is 0 Å². The first kappa shape index (κ1) is 7.98. The van der Waals surface area contributed by atoms with E-state index in [-0.39, 0.29) is 5.12 Å². The highest BCUT2D eigenvalue weighted by Crippen LogP contribution is 1.86. The molecule has 0 saturated heterocycles. The smallest absolute Gasteiger partial charge is 0.343 e. The molecule has 9 heteroatoms. The third-order valence-electron chi connectivity index (χ3n) is 0.495. The quantitative estimate of drug-likeness (QED) is 0.103. The molecule has 0 aromatic rings. The number of nitro groups is 1. The molecule has 0 rings (SSSR count). The minimum absolute atomic E-state index is 0.194. The predicted molar refractivity (Wildman–Crippen MR) is 29.9 cm³/mol. The summed E-state index contributed by atoms with van der Waals surface area (Å²) >= 11 is 0. The number of hydrazine groups is 1. The highest BCUT2D eigenvalue weighted by Gasteiger charge is 2.28. The van der Waals surface area contributed by atoms with Crippen LogP contribution in [0.2, 0.25) is 0 Å². The Balaban J connectivity index is 4.41. The second-order valence-corrected chi connectivity index (χ2v) is 1.09. The number of hydrogen-bond acceptors (Lipinski definition) is 4. The van der Waals surface area contributed by atoms with Crippen molar-refractivity contribution >= 4 is 5.96 Å². The molecule has 0 radical (unpaired) electrons. The number of nitrogens with two attached hydrogens (primary N) is 1. The average Bonchev–Trinajstić information content (AvgIpc) is 1.81. The molecule has 10 heavy (non-hydrogen) atoms. The van der Waals surface area contributed by atoms with Gasteiger partial charge in [-0.3, -0.25) is 0 Å². The summed E-state index contributed by atoms with van der Waals surface area (Å²) in [6.45, 7) is 0. The summed E-state index contributed by atoms with van der Waals surface area (Å²) < 4.78 is 0. The van der Waals surface area contributed by atoms with Gasteiger partial charge in [-0.05, 0) is 0 Å². The van der Waals surface area contributed by atoms with Crippen molar-refractivity contribution in [2.75, 3.05) is 0 Å². The van der Waals surface area contributed by atoms with E-state index < -0.39 is 11.0 Å². The van der Waals surface area contributed by atoms with E-state index in [1.165, 1.54) is 0 Å². The van der Waals surface area contributed by atoms with Crippen molar-refractivity contribution in [1.29, 1.82) is 5.41 Å². The largest absolute Gasteiger partial charge is 0.459 e. The Hall–Kier alpha value is -2.02. The van der Waals surface area contributed by atoms with Gasteiger partial charge in [0, 0.05) is 0 Å². The zero-order valence-electron chi connectivity index (χ0n) is 4.63. The van der Waals surface area contributed by atoms with Crippen molar-refractivity contribution in [3.05, 3.63) is 20.6 Å². The maximum Gasteiger partial charge on any atom is 0.459 e. The van der Waals surface area contributed by atoms with Gasteiger partial charge in [0.2, 0.25) is 5.12 Å². The summed E-state index contributed by atoms with van der Waals surface area (Å²) in [5.41, 5.74) is 12.3. The Morgan fingerprint density at radius 2 is 2.50 bits per heavy atom. The van der Waals surface area contributed by atoms with Crippen molar-refractivity contribution in [2.45, 2.75) is 0 Å². The predicted octanol–water partition coefficient (Wildman–Crippen LogP) is -0.401. The standard InChI is InChI=1S/CH3N7O2/c2-1(3)7(6-5-4)8(9)10/h(H3,2,3). The van der Waals surface area contributed by atoms with E-state index in [2.05, 4.69) is 15.9 Å². The molecule has 0 aliphatic heterocycles. The summed E-state index contributed by atoms with van der Waals surface area (Å²) in [5, 5.41) is 17.4. The average molecular weight is 145 g/mol. The fourth-order valence-corrected chi connectivity index (χ4v) is 0.207. The van der Waals surface area contributed by atoms with Crippen LogP contribution in [-0.4, -0.2) is 16.1 Å². The third-order valence-corrected chi connectivity index (χ3v) is 0.495. The second kappa shape index (κ2) is 3.10. The molecule has 0 aliphatic rings. The number of nitrogens with zero attached hydrogens (tertiary/aromatic N) is 5. The Labute approximate surface area is 54.3 Å². The summed E-state index contributed by atoms with van der Waals surface area (Å²) in [4.78, 5) is 11.8. The summed E-state index contributed by atoms with van der Waals surface area (Å²) in [7, 11) is 0. The van der Waals surface area contributed by atoms with E-state index in [0.717, 1.165) is 0 Å². The number of rotatable bonds is 2. The molecule has 0 aromatic carbocycles. The van der Waals surface area contributed by atoms with Crippen LogP contribution in [-0.2, 0) is 0 Å². The molecule has 0 atom stereocenters. The molecule has 9 nitrogen and oxygen atoms in total. The molecule has 54 valence electrons. The number of guanidine groups is 1. The van der Waals surface area contributed by atoms with Crippen LogP contribution in [0.5, 0.6) is 0 Å². The zero-order valence-corrected chi connectivity index (χ0v) is 4.63. The van der Waals surface area contributed by atoms with Gasteiger partial charge in [-0.15, -0.1) is 0 Å². The van der Waals surface area contributed by atoms with Crippen LogP contribution >= 0.6 is 0 Å². The van der Waals surface area contributed by atoms with Crippen LogP contribution in [0.15, 0.2) is 5.22 Å². The molecule has 0 saturated carbocycles. The highest BCUT2D eigenvalue weighted by atomic mass is 16.7. The van der Waals surface area contributed by atoms with Crippen LogP contribution < -0.4 is 5.73 Å². The van der Waals surface area contributed by atoms with Crippen LogP contribution in [0.1, 0.15) is 0 Å². The minimum atomic E-state index is -1.11. The van der Waals surface area contributed by atoms with Gasteiger partial charge in [-0.25, -0.2) is 5.41 Å². The van der Waals surface area contributed by atoms with Crippen molar-refractivity contribution in [1.82, 2.24) is 5.12 Å². The van der Waals surface area contributed by atoms with Gasteiger partial charge in [-0.2, -0.15) is 0 Å². The van der Waals surface area contributed by atoms with E-state index in [9.17, 15) is 10.1 Å². The molecular formula is CH3N7O2. The first-order valence-corrected chi connectivity index (χ1v) is 1.93. The van der Waals surface area contributed by atoms with Crippen LogP contribution in [0, 0.1) is 15.5 Å². The zero-order chi connectivity index (χ0) is 8.15. The first-order chi connectivity index (χ1) is 4.59. The lowest BCUT2D eigenvalue weighted by Gasteiger charge is -1.90. The second-order valence-electron chi connectivity index (χ2n) is 1.09. The molecule has 0 unspecified atom stereocenters. The van der Waals surface area contributed by atoms with Gasteiger partial charge >= 0.3 is 11.2 Å². The Morgan fingerprint density at radius 1 is 2.00 bits per heavy atom. The third kappa shape index (κ3) is 1.84. The molecule has 0 amide bonds.